The first kappa shape index (κ1) is 27.9. The van der Waals surface area contributed by atoms with Crippen LogP contribution in [0.4, 0.5) is 11.4 Å². The van der Waals surface area contributed by atoms with Crippen LogP contribution >= 0.6 is 23.2 Å². The van der Waals surface area contributed by atoms with Crippen LogP contribution in [0.25, 0.3) is 10.9 Å². The zero-order valence-electron chi connectivity index (χ0n) is 20.2. The zero-order valence-corrected chi connectivity index (χ0v) is 23.4. The molecule has 0 aliphatic heterocycles. The smallest absolute Gasteiger partial charge is 0.261 e. The molecule has 3 aromatic carbocycles. The molecule has 200 valence electrons. The Morgan fingerprint density at radius 1 is 0.895 bits per heavy atom. The highest BCUT2D eigenvalue weighted by atomic mass is 35.5. The predicted molar refractivity (Wildman–Crippen MR) is 150 cm³/mol. The minimum absolute atomic E-state index is 0.0272. The molecular formula is C25H24Cl2N4O5S2. The van der Waals surface area contributed by atoms with Crippen LogP contribution < -0.4 is 14.8 Å². The number of aromatic nitrogens is 1. The molecule has 0 atom stereocenters. The van der Waals surface area contributed by atoms with E-state index in [0.29, 0.717) is 32.2 Å². The van der Waals surface area contributed by atoms with E-state index >= 15 is 0 Å². The summed E-state index contributed by atoms with van der Waals surface area (Å²) >= 11 is 12.3. The Bertz CT molecular complexity index is 1720. The molecule has 0 unspecified atom stereocenters. The zero-order chi connectivity index (χ0) is 27.7. The second-order valence-electron chi connectivity index (χ2n) is 8.73. The third-order valence-electron chi connectivity index (χ3n) is 5.61. The maximum absolute atomic E-state index is 13.0. The first-order chi connectivity index (χ1) is 17.9. The van der Waals surface area contributed by atoms with Crippen molar-refractivity contribution in [2.45, 2.75) is 30.2 Å². The molecule has 0 bridgehead atoms. The quantitative estimate of drug-likeness (QED) is 0.207. The largest absolute Gasteiger partial charge is 0.358 e. The number of aromatic amines is 1. The lowest BCUT2D eigenvalue weighted by Crippen LogP contribution is -2.23. The summed E-state index contributed by atoms with van der Waals surface area (Å²) in [6, 6.07) is 14.7. The van der Waals surface area contributed by atoms with E-state index in [0.717, 1.165) is 0 Å². The number of benzene rings is 3. The van der Waals surface area contributed by atoms with Gasteiger partial charge in [-0.3, -0.25) is 9.52 Å². The van der Waals surface area contributed by atoms with Crippen molar-refractivity contribution in [3.8, 4) is 0 Å². The minimum Gasteiger partial charge on any atom is -0.358 e. The number of hydrogen-bond acceptors (Lipinski definition) is 5. The highest BCUT2D eigenvalue weighted by Gasteiger charge is 2.20. The Labute approximate surface area is 230 Å². The normalized spacial score (nSPS) is 12.1. The van der Waals surface area contributed by atoms with Crippen molar-refractivity contribution in [3.05, 3.63) is 82.5 Å². The van der Waals surface area contributed by atoms with Crippen LogP contribution in [0.5, 0.6) is 0 Å². The van der Waals surface area contributed by atoms with Crippen LogP contribution in [0.3, 0.4) is 0 Å². The number of fused-ring (bicyclic) bond motifs is 1. The maximum atomic E-state index is 13.0. The Kier molecular flexibility index (Phi) is 8.05. The number of rotatable bonds is 9. The van der Waals surface area contributed by atoms with E-state index in [1.165, 1.54) is 42.6 Å². The van der Waals surface area contributed by atoms with Crippen molar-refractivity contribution in [1.29, 1.82) is 0 Å². The molecule has 1 aromatic heterocycles. The summed E-state index contributed by atoms with van der Waals surface area (Å²) in [5.74, 6) is -0.345. The number of H-pyrrole nitrogens is 1. The number of halogens is 2. The summed E-state index contributed by atoms with van der Waals surface area (Å²) in [6.07, 6.45) is 1.50. The fraction of sp³-hybridized carbons (Fsp3) is 0.160. The van der Waals surface area contributed by atoms with Gasteiger partial charge in [-0.2, -0.15) is 0 Å². The second-order valence-corrected chi connectivity index (χ2v) is 13.0. The molecule has 4 rings (SSSR count). The molecule has 0 saturated heterocycles. The van der Waals surface area contributed by atoms with E-state index in [1.54, 1.807) is 38.1 Å². The fourth-order valence-corrected chi connectivity index (χ4v) is 6.21. The SMILES string of the molecule is CC(C)C(=O)Nc1cccc(CNS(=O)(=O)c2ccc(S(=O)(=O)Nc3ccc(Cl)c4c(Cl)c[nH]c34)cc2)c1. The van der Waals surface area contributed by atoms with E-state index < -0.39 is 20.0 Å². The van der Waals surface area contributed by atoms with Crippen LogP contribution in [-0.2, 0) is 31.4 Å². The summed E-state index contributed by atoms with van der Waals surface area (Å²) in [4.78, 5) is 14.6. The van der Waals surface area contributed by atoms with Crippen molar-refractivity contribution in [2.75, 3.05) is 10.0 Å². The van der Waals surface area contributed by atoms with Crippen LogP contribution in [0.2, 0.25) is 10.0 Å². The van der Waals surface area contributed by atoms with Crippen molar-refractivity contribution in [2.24, 2.45) is 5.92 Å². The van der Waals surface area contributed by atoms with Crippen molar-refractivity contribution in [3.63, 3.8) is 0 Å². The maximum Gasteiger partial charge on any atom is 0.261 e. The molecular weight excluding hydrogens is 571 g/mol. The van der Waals surface area contributed by atoms with Gasteiger partial charge in [0.1, 0.15) is 0 Å². The van der Waals surface area contributed by atoms with Crippen molar-refractivity contribution in [1.82, 2.24) is 9.71 Å². The van der Waals surface area contributed by atoms with Crippen LogP contribution in [0.15, 0.2) is 76.7 Å². The molecule has 38 heavy (non-hydrogen) atoms. The fourth-order valence-electron chi connectivity index (χ4n) is 3.56. The first-order valence-corrected chi connectivity index (χ1v) is 15.1. The molecule has 0 spiro atoms. The van der Waals surface area contributed by atoms with Gasteiger partial charge in [-0.15, -0.1) is 0 Å². The van der Waals surface area contributed by atoms with Crippen LogP contribution in [0.1, 0.15) is 19.4 Å². The molecule has 1 heterocycles. The summed E-state index contributed by atoms with van der Waals surface area (Å²) in [6.45, 7) is 3.52. The Hall–Kier alpha value is -3.09. The van der Waals surface area contributed by atoms with Gasteiger partial charge >= 0.3 is 0 Å². The Morgan fingerprint density at radius 3 is 2.21 bits per heavy atom. The molecule has 0 aliphatic carbocycles. The average Bonchev–Trinajstić information content (AvgIpc) is 3.27. The second kappa shape index (κ2) is 11.0. The van der Waals surface area contributed by atoms with Crippen molar-refractivity contribution < 1.29 is 21.6 Å². The number of hydrogen-bond donors (Lipinski definition) is 4. The van der Waals surface area contributed by atoms with Gasteiger partial charge in [0, 0.05) is 29.7 Å². The first-order valence-electron chi connectivity index (χ1n) is 11.3. The lowest BCUT2D eigenvalue weighted by molar-refractivity contribution is -0.118. The minimum atomic E-state index is -4.05. The number of nitrogens with one attached hydrogen (secondary N) is 4. The predicted octanol–water partition coefficient (Wildman–Crippen LogP) is 5.35. The van der Waals surface area contributed by atoms with E-state index in [4.69, 9.17) is 23.2 Å². The molecule has 4 aromatic rings. The summed E-state index contributed by atoms with van der Waals surface area (Å²) in [5.41, 5.74) is 1.85. The molecule has 0 radical (unpaired) electrons. The summed E-state index contributed by atoms with van der Waals surface area (Å²) in [7, 11) is -8.00. The number of amides is 1. The van der Waals surface area contributed by atoms with E-state index in [1.807, 2.05) is 0 Å². The molecule has 13 heteroatoms. The van der Waals surface area contributed by atoms with Gasteiger partial charge in [0.2, 0.25) is 15.9 Å². The monoisotopic (exact) mass is 594 g/mol. The molecule has 0 saturated carbocycles. The number of carbonyl (C=O) groups is 1. The lowest BCUT2D eigenvalue weighted by atomic mass is 10.1. The van der Waals surface area contributed by atoms with Gasteiger partial charge in [-0.1, -0.05) is 49.2 Å². The number of sulfonamides is 2. The van der Waals surface area contributed by atoms with Gasteiger partial charge in [-0.05, 0) is 54.1 Å². The summed E-state index contributed by atoms with van der Waals surface area (Å²) < 4.78 is 56.5. The molecule has 1 amide bonds. The van der Waals surface area contributed by atoms with Gasteiger partial charge in [0.25, 0.3) is 10.0 Å². The summed E-state index contributed by atoms with van der Waals surface area (Å²) in [5, 5.41) is 3.96. The molecule has 9 nitrogen and oxygen atoms in total. The third kappa shape index (κ3) is 6.13. The van der Waals surface area contributed by atoms with Gasteiger partial charge < -0.3 is 10.3 Å². The van der Waals surface area contributed by atoms with E-state index in [2.05, 4.69) is 19.7 Å². The third-order valence-corrected chi connectivity index (χ3v) is 9.02. The Balaban J connectivity index is 1.47. The van der Waals surface area contributed by atoms with Gasteiger partial charge in [0.15, 0.2) is 0 Å². The van der Waals surface area contributed by atoms with Gasteiger partial charge in [-0.25, -0.2) is 21.6 Å². The highest BCUT2D eigenvalue weighted by Crippen LogP contribution is 2.35. The van der Waals surface area contributed by atoms with E-state index in [-0.39, 0.29) is 33.8 Å². The van der Waals surface area contributed by atoms with Gasteiger partial charge in [0.05, 0.1) is 31.0 Å². The van der Waals surface area contributed by atoms with E-state index in [9.17, 15) is 21.6 Å². The molecule has 0 aliphatic rings. The number of carbonyl (C=O) groups excluding carboxylic acids is 1. The van der Waals surface area contributed by atoms with Crippen LogP contribution in [0, 0.1) is 5.92 Å². The average molecular weight is 596 g/mol. The molecule has 0 fully saturated rings. The Morgan fingerprint density at radius 2 is 1.55 bits per heavy atom. The van der Waals surface area contributed by atoms with Crippen molar-refractivity contribution >= 4 is 71.4 Å². The number of anilines is 2. The lowest BCUT2D eigenvalue weighted by Gasteiger charge is -2.12. The standard InChI is InChI=1S/C25H24Cl2N4O5S2/c1-15(2)25(32)30-17-5-3-4-16(12-17)13-29-37(33,34)18-6-8-19(9-7-18)38(35,36)31-22-11-10-20(26)23-21(27)14-28-24(22)23/h3-12,14-15,28-29,31H,13H2,1-2H3,(H,30,32). The topological polar surface area (TPSA) is 137 Å². The molecule has 4 N–H and O–H groups in total. The van der Waals surface area contributed by atoms with Crippen LogP contribution in [-0.4, -0.2) is 27.7 Å². The highest BCUT2D eigenvalue weighted by molar-refractivity contribution is 7.92.